The third-order valence-corrected chi connectivity index (χ3v) is 2.84. The Kier molecular flexibility index (Phi) is 6.52. The molecule has 0 aliphatic carbocycles. The van der Waals surface area contributed by atoms with Gasteiger partial charge in [0.1, 0.15) is 12.3 Å². The molecule has 0 bridgehead atoms. The van der Waals surface area contributed by atoms with Gasteiger partial charge in [0.2, 0.25) is 5.91 Å². The number of carboxylic acids is 1. The fourth-order valence-electron chi connectivity index (χ4n) is 1.78. The van der Waals surface area contributed by atoms with Crippen LogP contribution in [0.1, 0.15) is 12.0 Å². The van der Waals surface area contributed by atoms with Gasteiger partial charge in [0, 0.05) is 20.1 Å². The fourth-order valence-corrected chi connectivity index (χ4v) is 1.78. The van der Waals surface area contributed by atoms with Crippen molar-refractivity contribution in [3.05, 3.63) is 29.8 Å². The molecule has 0 saturated heterocycles. The summed E-state index contributed by atoms with van der Waals surface area (Å²) in [4.78, 5) is 24.0. The highest BCUT2D eigenvalue weighted by Crippen LogP contribution is 2.17. The summed E-state index contributed by atoms with van der Waals surface area (Å²) in [5.74, 6) is -1.19. The normalized spacial score (nSPS) is 10.2. The smallest absolute Gasteiger partial charge is 0.323 e. The summed E-state index contributed by atoms with van der Waals surface area (Å²) in [5, 5.41) is 18.4. The molecule has 0 aliphatic rings. The molecular weight excluding hydrogens is 262 g/mol. The number of methoxy groups -OCH3 is 1. The molecule has 6 nitrogen and oxygen atoms in total. The number of para-hydroxylation sites is 1. The first kappa shape index (κ1) is 16.0. The average Bonchev–Trinajstić information content (AvgIpc) is 2.41. The van der Waals surface area contributed by atoms with E-state index in [0.717, 1.165) is 0 Å². The van der Waals surface area contributed by atoms with E-state index >= 15 is 0 Å². The van der Waals surface area contributed by atoms with Crippen molar-refractivity contribution < 1.29 is 24.5 Å². The highest BCUT2D eigenvalue weighted by atomic mass is 16.5. The van der Waals surface area contributed by atoms with Gasteiger partial charge in [0.25, 0.3) is 0 Å². The van der Waals surface area contributed by atoms with Crippen molar-refractivity contribution >= 4 is 11.9 Å². The minimum atomic E-state index is -1.06. The Morgan fingerprint density at radius 2 is 2.00 bits per heavy atom. The topological polar surface area (TPSA) is 87.1 Å². The van der Waals surface area contributed by atoms with Crippen LogP contribution in [0.5, 0.6) is 5.75 Å². The lowest BCUT2D eigenvalue weighted by Gasteiger charge is -2.20. The van der Waals surface area contributed by atoms with Crippen LogP contribution in [0.2, 0.25) is 0 Å². The van der Waals surface area contributed by atoms with Crippen LogP contribution >= 0.6 is 0 Å². The molecule has 0 atom stereocenters. The van der Waals surface area contributed by atoms with E-state index in [2.05, 4.69) is 0 Å². The van der Waals surface area contributed by atoms with Crippen molar-refractivity contribution in [2.75, 3.05) is 26.8 Å². The number of nitrogens with zero attached hydrogens (tertiary/aromatic N) is 1. The van der Waals surface area contributed by atoms with E-state index in [0.29, 0.717) is 12.0 Å². The van der Waals surface area contributed by atoms with E-state index in [1.165, 1.54) is 12.0 Å². The van der Waals surface area contributed by atoms with Crippen molar-refractivity contribution in [3.63, 3.8) is 0 Å². The van der Waals surface area contributed by atoms with Gasteiger partial charge in [-0.3, -0.25) is 9.59 Å². The maximum Gasteiger partial charge on any atom is 0.323 e. The molecule has 20 heavy (non-hydrogen) atoms. The molecular formula is C14H19NO5. The maximum absolute atomic E-state index is 12.0. The average molecular weight is 281 g/mol. The van der Waals surface area contributed by atoms with Gasteiger partial charge in [-0.1, -0.05) is 18.2 Å². The molecule has 110 valence electrons. The van der Waals surface area contributed by atoms with Crippen molar-refractivity contribution in [1.82, 2.24) is 4.90 Å². The quantitative estimate of drug-likeness (QED) is 0.738. The number of ether oxygens (including phenoxy) is 1. The molecule has 0 fully saturated rings. The van der Waals surface area contributed by atoms with E-state index in [-0.39, 0.29) is 37.8 Å². The summed E-state index contributed by atoms with van der Waals surface area (Å²) in [6.07, 6.45) is 0.517. The Morgan fingerprint density at radius 1 is 1.30 bits per heavy atom. The number of phenols is 1. The molecule has 0 unspecified atom stereocenters. The molecule has 0 radical (unpaired) electrons. The second-order valence-corrected chi connectivity index (χ2v) is 4.33. The summed E-state index contributed by atoms with van der Waals surface area (Å²) in [6, 6.07) is 6.77. The van der Waals surface area contributed by atoms with Crippen LogP contribution in [0.4, 0.5) is 0 Å². The number of hydrogen-bond donors (Lipinski definition) is 2. The second kappa shape index (κ2) is 8.16. The summed E-state index contributed by atoms with van der Waals surface area (Å²) < 4.78 is 4.86. The SMILES string of the molecule is COCCN(CC(=O)O)C(=O)CCc1ccccc1O. The fraction of sp³-hybridized carbons (Fsp3) is 0.429. The second-order valence-electron chi connectivity index (χ2n) is 4.33. The highest BCUT2D eigenvalue weighted by Gasteiger charge is 2.16. The lowest BCUT2D eigenvalue weighted by molar-refractivity contribution is -0.144. The minimum Gasteiger partial charge on any atom is -0.508 e. The predicted molar refractivity (Wildman–Crippen MR) is 72.5 cm³/mol. The molecule has 1 aromatic rings. The predicted octanol–water partition coefficient (Wildman–Crippen LogP) is 0.884. The van der Waals surface area contributed by atoms with Crippen LogP contribution in [0.15, 0.2) is 24.3 Å². The number of phenolic OH excluding ortho intramolecular Hbond substituents is 1. The Balaban J connectivity index is 2.57. The number of hydrogen-bond acceptors (Lipinski definition) is 4. The van der Waals surface area contributed by atoms with Gasteiger partial charge in [-0.05, 0) is 18.1 Å². The molecule has 1 aromatic carbocycles. The minimum absolute atomic E-state index is 0.141. The zero-order valence-corrected chi connectivity index (χ0v) is 11.4. The molecule has 0 saturated carbocycles. The molecule has 0 aliphatic heterocycles. The number of aliphatic carboxylic acids is 1. The summed E-state index contributed by atoms with van der Waals surface area (Å²) >= 11 is 0. The van der Waals surface area contributed by atoms with Crippen LogP contribution in [-0.4, -0.2) is 53.8 Å². The van der Waals surface area contributed by atoms with Crippen molar-refractivity contribution in [1.29, 1.82) is 0 Å². The van der Waals surface area contributed by atoms with E-state index in [1.54, 1.807) is 24.3 Å². The van der Waals surface area contributed by atoms with E-state index < -0.39 is 5.97 Å². The van der Waals surface area contributed by atoms with Gasteiger partial charge in [-0.25, -0.2) is 0 Å². The Morgan fingerprint density at radius 3 is 2.60 bits per heavy atom. The first-order chi connectivity index (χ1) is 9.54. The molecule has 0 spiro atoms. The van der Waals surface area contributed by atoms with Crippen LogP contribution in [0.3, 0.4) is 0 Å². The number of carbonyl (C=O) groups is 2. The zero-order chi connectivity index (χ0) is 15.0. The van der Waals surface area contributed by atoms with Crippen molar-refractivity contribution in [2.24, 2.45) is 0 Å². The Labute approximate surface area is 117 Å². The monoisotopic (exact) mass is 281 g/mol. The number of rotatable bonds is 8. The first-order valence-corrected chi connectivity index (χ1v) is 6.30. The van der Waals surface area contributed by atoms with Gasteiger partial charge in [0.15, 0.2) is 0 Å². The number of benzene rings is 1. The van der Waals surface area contributed by atoms with Gasteiger partial charge in [0.05, 0.1) is 6.61 Å². The van der Waals surface area contributed by atoms with Gasteiger partial charge in [-0.2, -0.15) is 0 Å². The van der Waals surface area contributed by atoms with Gasteiger partial charge < -0.3 is 19.8 Å². The summed E-state index contributed by atoms with van der Waals surface area (Å²) in [7, 11) is 1.49. The molecule has 6 heteroatoms. The number of aromatic hydroxyl groups is 1. The van der Waals surface area contributed by atoms with E-state index in [1.807, 2.05) is 0 Å². The summed E-state index contributed by atoms with van der Waals surface area (Å²) in [5.41, 5.74) is 0.669. The van der Waals surface area contributed by atoms with Crippen LogP contribution in [0.25, 0.3) is 0 Å². The number of amides is 1. The molecule has 1 amide bonds. The summed E-state index contributed by atoms with van der Waals surface area (Å²) in [6.45, 7) is 0.182. The molecule has 2 N–H and O–H groups in total. The van der Waals surface area contributed by atoms with Gasteiger partial charge in [-0.15, -0.1) is 0 Å². The van der Waals surface area contributed by atoms with E-state index in [4.69, 9.17) is 9.84 Å². The van der Waals surface area contributed by atoms with Crippen LogP contribution in [-0.2, 0) is 20.7 Å². The Hall–Kier alpha value is -2.08. The Bertz CT molecular complexity index is 461. The first-order valence-electron chi connectivity index (χ1n) is 6.30. The standard InChI is InChI=1S/C14H19NO5/c1-20-9-8-15(10-14(18)19)13(17)7-6-11-4-2-3-5-12(11)16/h2-5,16H,6-10H2,1H3,(H,18,19). The lowest BCUT2D eigenvalue weighted by atomic mass is 10.1. The third kappa shape index (κ3) is 5.27. The largest absolute Gasteiger partial charge is 0.508 e. The van der Waals surface area contributed by atoms with Crippen LogP contribution < -0.4 is 0 Å². The zero-order valence-electron chi connectivity index (χ0n) is 11.4. The van der Waals surface area contributed by atoms with Crippen molar-refractivity contribution in [2.45, 2.75) is 12.8 Å². The lowest BCUT2D eigenvalue weighted by Crippen LogP contribution is -2.38. The number of carboxylic acid groups (broad SMARTS) is 1. The third-order valence-electron chi connectivity index (χ3n) is 2.84. The number of aryl methyl sites for hydroxylation is 1. The van der Waals surface area contributed by atoms with Gasteiger partial charge >= 0.3 is 5.97 Å². The van der Waals surface area contributed by atoms with Crippen LogP contribution in [0, 0.1) is 0 Å². The molecule has 1 rings (SSSR count). The van der Waals surface area contributed by atoms with E-state index in [9.17, 15) is 14.7 Å². The molecule has 0 aromatic heterocycles. The van der Waals surface area contributed by atoms with Crippen molar-refractivity contribution in [3.8, 4) is 5.75 Å². The molecule has 0 heterocycles. The number of carbonyl (C=O) groups excluding carboxylic acids is 1. The maximum atomic E-state index is 12.0. The highest BCUT2D eigenvalue weighted by molar-refractivity contribution is 5.81.